The average molecular weight is 261 g/mol. The fourth-order valence-corrected chi connectivity index (χ4v) is 3.40. The van der Waals surface area contributed by atoms with Gasteiger partial charge in [-0.2, -0.15) is 0 Å². The SMILES string of the molecule is CCOC(=O)C(=O)NCCC[Si](C)(C)OCC. The van der Waals surface area contributed by atoms with Gasteiger partial charge in [-0.25, -0.2) is 4.79 Å². The molecule has 0 aromatic heterocycles. The highest BCUT2D eigenvalue weighted by Gasteiger charge is 2.21. The van der Waals surface area contributed by atoms with Gasteiger partial charge >= 0.3 is 11.9 Å². The normalized spacial score (nSPS) is 11.1. The van der Waals surface area contributed by atoms with Crippen molar-refractivity contribution in [3.8, 4) is 0 Å². The average Bonchev–Trinajstić information content (AvgIpc) is 2.24. The van der Waals surface area contributed by atoms with Crippen molar-refractivity contribution in [3.63, 3.8) is 0 Å². The summed E-state index contributed by atoms with van der Waals surface area (Å²) in [6.45, 7) is 9.37. The van der Waals surface area contributed by atoms with Crippen LogP contribution in [0.2, 0.25) is 19.1 Å². The Hall–Kier alpha value is -0.883. The van der Waals surface area contributed by atoms with Crippen LogP contribution >= 0.6 is 0 Å². The van der Waals surface area contributed by atoms with E-state index >= 15 is 0 Å². The molecule has 0 radical (unpaired) electrons. The number of hydrogen-bond acceptors (Lipinski definition) is 4. The third kappa shape index (κ3) is 7.92. The number of nitrogens with one attached hydrogen (secondary N) is 1. The Morgan fingerprint density at radius 1 is 1.18 bits per heavy atom. The first-order chi connectivity index (χ1) is 7.93. The molecule has 1 N–H and O–H groups in total. The Balaban J connectivity index is 3.71. The van der Waals surface area contributed by atoms with Crippen LogP contribution in [0.5, 0.6) is 0 Å². The quantitative estimate of drug-likeness (QED) is 0.325. The van der Waals surface area contributed by atoms with Gasteiger partial charge < -0.3 is 14.5 Å². The van der Waals surface area contributed by atoms with Crippen molar-refractivity contribution in [2.24, 2.45) is 0 Å². The van der Waals surface area contributed by atoms with Crippen molar-refractivity contribution >= 4 is 20.2 Å². The molecule has 6 heteroatoms. The summed E-state index contributed by atoms with van der Waals surface area (Å²) in [5.74, 6) is -1.48. The molecule has 0 bridgehead atoms. The van der Waals surface area contributed by atoms with Crippen LogP contribution in [-0.2, 0) is 18.8 Å². The lowest BCUT2D eigenvalue weighted by Crippen LogP contribution is -2.35. The zero-order chi connectivity index (χ0) is 13.3. The number of amides is 1. The molecule has 0 rings (SSSR count). The van der Waals surface area contributed by atoms with Crippen molar-refractivity contribution in [1.82, 2.24) is 5.32 Å². The third-order valence-electron chi connectivity index (χ3n) is 2.24. The zero-order valence-corrected chi connectivity index (χ0v) is 12.2. The van der Waals surface area contributed by atoms with Gasteiger partial charge in [0.1, 0.15) is 0 Å². The predicted octanol–water partition coefficient (Wildman–Crippen LogP) is 1.30. The first kappa shape index (κ1) is 16.1. The summed E-state index contributed by atoms with van der Waals surface area (Å²) in [6.07, 6.45) is 0.824. The first-order valence-corrected chi connectivity index (χ1v) is 9.13. The molecule has 0 saturated heterocycles. The molecule has 5 nitrogen and oxygen atoms in total. The summed E-state index contributed by atoms with van der Waals surface area (Å²) in [7, 11) is -1.59. The third-order valence-corrected chi connectivity index (χ3v) is 4.86. The van der Waals surface area contributed by atoms with Crippen LogP contribution in [-0.4, -0.2) is 40.0 Å². The number of esters is 1. The molecule has 1 amide bonds. The van der Waals surface area contributed by atoms with Crippen LogP contribution in [0.3, 0.4) is 0 Å². The minimum atomic E-state index is -1.59. The summed E-state index contributed by atoms with van der Waals surface area (Å²) >= 11 is 0. The molecule has 17 heavy (non-hydrogen) atoms. The van der Waals surface area contributed by atoms with Gasteiger partial charge in [-0.05, 0) is 39.4 Å². The second-order valence-corrected chi connectivity index (χ2v) is 8.58. The standard InChI is InChI=1S/C11H23NO4Si/c1-5-15-11(14)10(13)12-8-7-9-17(3,4)16-6-2/h5-9H2,1-4H3,(H,12,13). The Kier molecular flexibility index (Phi) is 7.82. The van der Waals surface area contributed by atoms with Gasteiger partial charge in [0.2, 0.25) is 0 Å². The van der Waals surface area contributed by atoms with Crippen LogP contribution in [0.1, 0.15) is 20.3 Å². The summed E-state index contributed by atoms with van der Waals surface area (Å²) in [6, 6.07) is 0.962. The highest BCUT2D eigenvalue weighted by molar-refractivity contribution is 6.71. The molecule has 0 atom stereocenters. The Morgan fingerprint density at radius 3 is 2.35 bits per heavy atom. The lowest BCUT2D eigenvalue weighted by Gasteiger charge is -2.21. The molecule has 0 unspecified atom stereocenters. The number of carbonyl (C=O) groups is 2. The maximum atomic E-state index is 11.2. The van der Waals surface area contributed by atoms with Crippen LogP contribution < -0.4 is 5.32 Å². The van der Waals surface area contributed by atoms with E-state index in [1.54, 1.807) is 6.92 Å². The number of ether oxygens (including phenoxy) is 1. The van der Waals surface area contributed by atoms with E-state index in [-0.39, 0.29) is 6.61 Å². The lowest BCUT2D eigenvalue weighted by atomic mass is 10.4. The fraction of sp³-hybridized carbons (Fsp3) is 0.818. The second kappa shape index (κ2) is 8.24. The largest absolute Gasteiger partial charge is 0.459 e. The molecular formula is C11H23NO4Si. The molecule has 0 aliphatic rings. The van der Waals surface area contributed by atoms with E-state index in [1.165, 1.54) is 0 Å². The van der Waals surface area contributed by atoms with Crippen LogP contribution in [0, 0.1) is 0 Å². The minimum absolute atomic E-state index is 0.219. The van der Waals surface area contributed by atoms with E-state index < -0.39 is 20.2 Å². The van der Waals surface area contributed by atoms with E-state index in [1.807, 2.05) is 6.92 Å². The molecule has 0 aliphatic carbocycles. The zero-order valence-electron chi connectivity index (χ0n) is 11.2. The van der Waals surface area contributed by atoms with Gasteiger partial charge in [0, 0.05) is 13.2 Å². The molecule has 0 heterocycles. The lowest BCUT2D eigenvalue weighted by molar-refractivity contribution is -0.154. The Morgan fingerprint density at radius 2 is 1.82 bits per heavy atom. The molecule has 100 valence electrons. The van der Waals surface area contributed by atoms with Crippen LogP contribution in [0.25, 0.3) is 0 Å². The highest BCUT2D eigenvalue weighted by atomic mass is 28.4. The Bertz CT molecular complexity index is 256. The molecular weight excluding hydrogens is 238 g/mol. The smallest absolute Gasteiger partial charge is 0.396 e. The molecule has 0 aromatic rings. The minimum Gasteiger partial charge on any atom is -0.459 e. The predicted molar refractivity (Wildman–Crippen MR) is 68.2 cm³/mol. The van der Waals surface area contributed by atoms with E-state index in [0.29, 0.717) is 6.54 Å². The summed E-state index contributed by atoms with van der Waals surface area (Å²) < 4.78 is 10.2. The number of hydrogen-bond donors (Lipinski definition) is 1. The first-order valence-electron chi connectivity index (χ1n) is 6.02. The van der Waals surface area contributed by atoms with Crippen molar-refractivity contribution in [2.45, 2.75) is 39.4 Å². The topological polar surface area (TPSA) is 64.6 Å². The maximum Gasteiger partial charge on any atom is 0.396 e. The van der Waals surface area contributed by atoms with Crippen molar-refractivity contribution in [2.75, 3.05) is 19.8 Å². The summed E-state index contributed by atoms with van der Waals surface area (Å²) in [5.41, 5.74) is 0. The summed E-state index contributed by atoms with van der Waals surface area (Å²) in [5, 5.41) is 2.54. The van der Waals surface area contributed by atoms with E-state index in [0.717, 1.165) is 19.1 Å². The van der Waals surface area contributed by atoms with Crippen molar-refractivity contribution in [3.05, 3.63) is 0 Å². The monoisotopic (exact) mass is 261 g/mol. The molecule has 0 aliphatic heterocycles. The Labute approximate surface area is 104 Å². The fourth-order valence-electron chi connectivity index (χ4n) is 1.45. The number of rotatable bonds is 7. The summed E-state index contributed by atoms with van der Waals surface area (Å²) in [4.78, 5) is 22.2. The van der Waals surface area contributed by atoms with E-state index in [4.69, 9.17) is 4.43 Å². The molecule has 0 aromatic carbocycles. The van der Waals surface area contributed by atoms with Crippen LogP contribution in [0.4, 0.5) is 0 Å². The van der Waals surface area contributed by atoms with Gasteiger partial charge in [0.15, 0.2) is 8.32 Å². The van der Waals surface area contributed by atoms with E-state index in [2.05, 4.69) is 23.1 Å². The van der Waals surface area contributed by atoms with Gasteiger partial charge in [0.05, 0.1) is 6.61 Å². The van der Waals surface area contributed by atoms with Gasteiger partial charge in [-0.1, -0.05) is 0 Å². The second-order valence-electron chi connectivity index (χ2n) is 4.27. The highest BCUT2D eigenvalue weighted by Crippen LogP contribution is 2.12. The van der Waals surface area contributed by atoms with E-state index in [9.17, 15) is 9.59 Å². The van der Waals surface area contributed by atoms with Crippen LogP contribution in [0.15, 0.2) is 0 Å². The molecule has 0 spiro atoms. The van der Waals surface area contributed by atoms with Crippen molar-refractivity contribution < 1.29 is 18.8 Å². The molecule has 0 saturated carbocycles. The molecule has 0 fully saturated rings. The van der Waals surface area contributed by atoms with Gasteiger partial charge in [0.25, 0.3) is 0 Å². The maximum absolute atomic E-state index is 11.2. The van der Waals surface area contributed by atoms with Gasteiger partial charge in [-0.3, -0.25) is 4.79 Å². The van der Waals surface area contributed by atoms with Gasteiger partial charge in [-0.15, -0.1) is 0 Å². The van der Waals surface area contributed by atoms with Crippen molar-refractivity contribution in [1.29, 1.82) is 0 Å². The number of carbonyl (C=O) groups excluding carboxylic acids is 2.